The number of fused-ring (bicyclic) bond motifs is 3. The number of anilines is 1. The average Bonchev–Trinajstić information content (AvgIpc) is 3.02. The highest BCUT2D eigenvalue weighted by molar-refractivity contribution is 6.30. The zero-order valence-electron chi connectivity index (χ0n) is 12.4. The van der Waals surface area contributed by atoms with Crippen LogP contribution in [0.1, 0.15) is 21.5 Å². The third-order valence-electron chi connectivity index (χ3n) is 4.84. The number of carbonyl (C=O) groups excluding carboxylic acids is 2. The normalized spacial score (nSPS) is 21.7. The standard InChI is InChI=1S/C19H14ClNO2/c1-12-19(10-13-6-2-3-7-14(13)18(19)23)15-8-4-5-9-16(15)21(12)17(22)11-20/h2-9H,1,10-11H2. The van der Waals surface area contributed by atoms with Crippen molar-refractivity contribution in [2.45, 2.75) is 11.8 Å². The predicted octanol–water partition coefficient (Wildman–Crippen LogP) is 3.46. The lowest BCUT2D eigenvalue weighted by molar-refractivity contribution is -0.115. The molecular formula is C19H14ClNO2. The minimum Gasteiger partial charge on any atom is -0.293 e. The van der Waals surface area contributed by atoms with Crippen LogP contribution >= 0.6 is 11.6 Å². The van der Waals surface area contributed by atoms with Crippen molar-refractivity contribution in [2.75, 3.05) is 10.8 Å². The monoisotopic (exact) mass is 323 g/mol. The van der Waals surface area contributed by atoms with E-state index in [0.29, 0.717) is 23.4 Å². The van der Waals surface area contributed by atoms with Crippen molar-refractivity contribution in [1.82, 2.24) is 0 Å². The highest BCUT2D eigenvalue weighted by atomic mass is 35.5. The topological polar surface area (TPSA) is 37.4 Å². The predicted molar refractivity (Wildman–Crippen MR) is 89.9 cm³/mol. The van der Waals surface area contributed by atoms with Crippen LogP contribution in [0.3, 0.4) is 0 Å². The zero-order chi connectivity index (χ0) is 16.2. The van der Waals surface area contributed by atoms with Gasteiger partial charge in [-0.15, -0.1) is 11.6 Å². The molecule has 0 fully saturated rings. The fourth-order valence-corrected chi connectivity index (χ4v) is 3.93. The minimum atomic E-state index is -0.887. The van der Waals surface area contributed by atoms with Crippen LogP contribution in [0.2, 0.25) is 0 Å². The third-order valence-corrected chi connectivity index (χ3v) is 5.06. The first-order valence-electron chi connectivity index (χ1n) is 7.42. The lowest BCUT2D eigenvalue weighted by Gasteiger charge is -2.26. The number of rotatable bonds is 1. The van der Waals surface area contributed by atoms with Crippen molar-refractivity contribution in [3.63, 3.8) is 0 Å². The summed E-state index contributed by atoms with van der Waals surface area (Å²) in [6.07, 6.45) is 0.532. The molecule has 114 valence electrons. The molecule has 2 aromatic carbocycles. The number of benzene rings is 2. The molecule has 1 aliphatic carbocycles. The fraction of sp³-hybridized carbons (Fsp3) is 0.158. The lowest BCUT2D eigenvalue weighted by Crippen LogP contribution is -2.38. The van der Waals surface area contributed by atoms with Crippen LogP contribution in [-0.2, 0) is 16.6 Å². The van der Waals surface area contributed by atoms with Crippen LogP contribution < -0.4 is 4.90 Å². The van der Waals surface area contributed by atoms with E-state index < -0.39 is 5.41 Å². The van der Waals surface area contributed by atoms with Crippen molar-refractivity contribution in [2.24, 2.45) is 0 Å². The highest BCUT2D eigenvalue weighted by Crippen LogP contribution is 2.54. The molecule has 1 amide bonds. The Hall–Kier alpha value is -2.39. The number of Topliss-reactive ketones (excluding diaryl/α,β-unsaturated/α-hetero) is 1. The molecule has 0 aromatic heterocycles. The Bertz CT molecular complexity index is 873. The van der Waals surface area contributed by atoms with Gasteiger partial charge in [0.15, 0.2) is 5.78 Å². The number of allylic oxidation sites excluding steroid dienone is 1. The summed E-state index contributed by atoms with van der Waals surface area (Å²) in [4.78, 5) is 27.1. The fourth-order valence-electron chi connectivity index (χ4n) is 3.81. The number of hydrogen-bond acceptors (Lipinski definition) is 2. The second kappa shape index (κ2) is 4.80. The number of hydrogen-bond donors (Lipinski definition) is 0. The molecule has 1 unspecified atom stereocenters. The van der Waals surface area contributed by atoms with Crippen molar-refractivity contribution in [3.8, 4) is 0 Å². The van der Waals surface area contributed by atoms with Gasteiger partial charge in [-0.05, 0) is 23.6 Å². The lowest BCUT2D eigenvalue weighted by atomic mass is 9.76. The molecule has 2 aliphatic rings. The van der Waals surface area contributed by atoms with Crippen LogP contribution in [0.4, 0.5) is 5.69 Å². The Morgan fingerprint density at radius 3 is 2.61 bits per heavy atom. The van der Waals surface area contributed by atoms with E-state index in [-0.39, 0.29) is 17.6 Å². The largest absolute Gasteiger partial charge is 0.293 e. The summed E-state index contributed by atoms with van der Waals surface area (Å²) in [6.45, 7) is 4.11. The number of amides is 1. The quantitative estimate of drug-likeness (QED) is 0.754. The average molecular weight is 324 g/mol. The van der Waals surface area contributed by atoms with Crippen molar-refractivity contribution in [1.29, 1.82) is 0 Å². The zero-order valence-corrected chi connectivity index (χ0v) is 13.1. The van der Waals surface area contributed by atoms with Gasteiger partial charge in [-0.1, -0.05) is 49.0 Å². The number of halogens is 1. The summed E-state index contributed by atoms with van der Waals surface area (Å²) in [7, 11) is 0. The first kappa shape index (κ1) is 14.2. The van der Waals surface area contributed by atoms with Gasteiger partial charge >= 0.3 is 0 Å². The third kappa shape index (κ3) is 1.66. The highest BCUT2D eigenvalue weighted by Gasteiger charge is 2.56. The maximum Gasteiger partial charge on any atom is 0.246 e. The number of para-hydroxylation sites is 1. The second-order valence-electron chi connectivity index (χ2n) is 5.90. The first-order chi connectivity index (χ1) is 11.1. The molecule has 0 radical (unpaired) electrons. The van der Waals surface area contributed by atoms with Gasteiger partial charge in [0.1, 0.15) is 11.3 Å². The van der Waals surface area contributed by atoms with Crippen LogP contribution in [0.25, 0.3) is 0 Å². The second-order valence-corrected chi connectivity index (χ2v) is 6.16. The molecule has 1 atom stereocenters. The Morgan fingerprint density at radius 1 is 1.17 bits per heavy atom. The number of carbonyl (C=O) groups is 2. The molecule has 1 aliphatic heterocycles. The molecular weight excluding hydrogens is 310 g/mol. The summed E-state index contributed by atoms with van der Waals surface area (Å²) in [5, 5.41) is 0. The molecule has 3 nitrogen and oxygen atoms in total. The molecule has 0 saturated heterocycles. The molecule has 2 aromatic rings. The van der Waals surface area contributed by atoms with Crippen LogP contribution in [0.15, 0.2) is 60.8 Å². The van der Waals surface area contributed by atoms with Gasteiger partial charge < -0.3 is 0 Å². The maximum absolute atomic E-state index is 13.2. The summed E-state index contributed by atoms with van der Waals surface area (Å²) in [5.74, 6) is -0.398. The van der Waals surface area contributed by atoms with Gasteiger partial charge in [0.25, 0.3) is 0 Å². The van der Waals surface area contributed by atoms with E-state index in [4.69, 9.17) is 11.6 Å². The molecule has 1 spiro atoms. The number of alkyl halides is 1. The van der Waals surface area contributed by atoms with Gasteiger partial charge in [0.05, 0.1) is 5.69 Å². The van der Waals surface area contributed by atoms with Crippen molar-refractivity contribution in [3.05, 3.63) is 77.5 Å². The smallest absolute Gasteiger partial charge is 0.246 e. The van der Waals surface area contributed by atoms with Gasteiger partial charge in [-0.25, -0.2) is 0 Å². The summed E-state index contributed by atoms with van der Waals surface area (Å²) >= 11 is 5.77. The van der Waals surface area contributed by atoms with E-state index in [2.05, 4.69) is 6.58 Å². The van der Waals surface area contributed by atoms with Crippen LogP contribution in [0, 0.1) is 0 Å². The van der Waals surface area contributed by atoms with E-state index >= 15 is 0 Å². The van der Waals surface area contributed by atoms with Crippen LogP contribution in [0.5, 0.6) is 0 Å². The van der Waals surface area contributed by atoms with E-state index in [0.717, 1.165) is 11.1 Å². The molecule has 0 N–H and O–H groups in total. The molecule has 0 bridgehead atoms. The van der Waals surface area contributed by atoms with Crippen molar-refractivity contribution >= 4 is 29.0 Å². The van der Waals surface area contributed by atoms with Gasteiger partial charge in [-0.3, -0.25) is 14.5 Å². The minimum absolute atomic E-state index is 0.00965. The molecule has 0 saturated carbocycles. The van der Waals surface area contributed by atoms with Gasteiger partial charge in [0.2, 0.25) is 5.91 Å². The summed E-state index contributed by atoms with van der Waals surface area (Å²) < 4.78 is 0. The van der Waals surface area contributed by atoms with E-state index in [1.165, 1.54) is 4.90 Å². The summed E-state index contributed by atoms with van der Waals surface area (Å²) in [5.41, 5.74) is 2.87. The first-order valence-corrected chi connectivity index (χ1v) is 7.95. The SMILES string of the molecule is C=C1N(C(=O)CCl)c2ccccc2C12Cc1ccccc1C2=O. The van der Waals surface area contributed by atoms with Crippen LogP contribution in [-0.4, -0.2) is 17.6 Å². The Labute approximate surface area is 139 Å². The molecule has 4 heteroatoms. The van der Waals surface area contributed by atoms with E-state index in [1.807, 2.05) is 48.5 Å². The Morgan fingerprint density at radius 2 is 1.87 bits per heavy atom. The number of nitrogens with zero attached hydrogens (tertiary/aromatic N) is 1. The number of ketones is 1. The van der Waals surface area contributed by atoms with Gasteiger partial charge in [-0.2, -0.15) is 0 Å². The summed E-state index contributed by atoms with van der Waals surface area (Å²) in [6, 6.07) is 15.1. The van der Waals surface area contributed by atoms with E-state index in [1.54, 1.807) is 0 Å². The van der Waals surface area contributed by atoms with Gasteiger partial charge in [0, 0.05) is 11.3 Å². The van der Waals surface area contributed by atoms with E-state index in [9.17, 15) is 9.59 Å². The Kier molecular flexibility index (Phi) is 2.97. The van der Waals surface area contributed by atoms with Crippen molar-refractivity contribution < 1.29 is 9.59 Å². The maximum atomic E-state index is 13.2. The molecule has 23 heavy (non-hydrogen) atoms. The molecule has 4 rings (SSSR count). The Balaban J connectivity index is 1.96. The molecule has 1 heterocycles.